The first-order valence-electron chi connectivity index (χ1n) is 6.03. The molecule has 0 aromatic heterocycles. The summed E-state index contributed by atoms with van der Waals surface area (Å²) >= 11 is 0. The Balaban J connectivity index is 2.62. The first-order valence-corrected chi connectivity index (χ1v) is 6.03. The van der Waals surface area contributed by atoms with Gasteiger partial charge in [-0.15, -0.1) is 0 Å². The van der Waals surface area contributed by atoms with Gasteiger partial charge < -0.3 is 0 Å². The topological polar surface area (TPSA) is 0 Å². The molecular weight excluding hydrogens is 206 g/mol. The highest BCUT2D eigenvalue weighted by Crippen LogP contribution is 2.20. The molecule has 0 amide bonds. The Morgan fingerprint density at radius 2 is 2.00 bits per heavy atom. The quantitative estimate of drug-likeness (QED) is 0.667. The molecule has 0 spiro atoms. The van der Waals surface area contributed by atoms with Crippen LogP contribution in [0.4, 0.5) is 8.78 Å². The molecule has 0 fully saturated rings. The van der Waals surface area contributed by atoms with Crippen LogP contribution >= 0.6 is 0 Å². The van der Waals surface area contributed by atoms with Crippen molar-refractivity contribution < 1.29 is 8.78 Å². The summed E-state index contributed by atoms with van der Waals surface area (Å²) in [4.78, 5) is 0. The predicted molar refractivity (Wildman–Crippen MR) is 62.2 cm³/mol. The van der Waals surface area contributed by atoms with Crippen molar-refractivity contribution in [3.8, 4) is 0 Å². The molecule has 0 aliphatic carbocycles. The van der Waals surface area contributed by atoms with E-state index in [4.69, 9.17) is 0 Å². The minimum atomic E-state index is -0.622. The van der Waals surface area contributed by atoms with Crippen molar-refractivity contribution in [2.45, 2.75) is 46.0 Å². The average molecular weight is 225 g/mol. The van der Waals surface area contributed by atoms with Gasteiger partial charge in [-0.3, -0.25) is 0 Å². The average Bonchev–Trinajstić information content (AvgIpc) is 2.27. The highest BCUT2D eigenvalue weighted by molar-refractivity contribution is 5.18. The molecule has 16 heavy (non-hydrogen) atoms. The zero-order valence-corrected chi connectivity index (χ0v) is 10.0. The van der Waals surface area contributed by atoms with Crippen LogP contribution in [0.15, 0.2) is 12.1 Å². The van der Waals surface area contributed by atoms with Crippen molar-refractivity contribution in [2.24, 2.45) is 5.92 Å². The Morgan fingerprint density at radius 3 is 2.56 bits per heavy atom. The van der Waals surface area contributed by atoms with E-state index >= 15 is 0 Å². The van der Waals surface area contributed by atoms with Crippen LogP contribution in [-0.4, -0.2) is 0 Å². The van der Waals surface area contributed by atoms with Gasteiger partial charge in [0.15, 0.2) is 0 Å². The van der Waals surface area contributed by atoms with Gasteiger partial charge in [0, 0.05) is 0 Å². The fraction of sp³-hybridized carbons (Fsp3) is 0.571. The van der Waals surface area contributed by atoms with Gasteiger partial charge in [-0.2, -0.15) is 0 Å². The lowest BCUT2D eigenvalue weighted by atomic mass is 9.92. The van der Waals surface area contributed by atoms with E-state index in [1.807, 2.05) is 0 Å². The first kappa shape index (κ1) is 13.1. The Kier molecular flexibility index (Phi) is 5.44. The molecule has 0 heterocycles. The summed E-state index contributed by atoms with van der Waals surface area (Å²) in [6, 6.07) is 4.91. The number of rotatable bonds is 6. The standard InChI is InChI=1S/C14H19F2/c1-3-5-6-11(4-2)9-12-7-8-13(15)10-14(12)16/h7-8,11H,3-6,9H2,1-2H3. The fourth-order valence-corrected chi connectivity index (χ4v) is 1.89. The Hall–Kier alpha value is -0.920. The van der Waals surface area contributed by atoms with Gasteiger partial charge in [-0.1, -0.05) is 45.6 Å². The van der Waals surface area contributed by atoms with Gasteiger partial charge in [0.05, 0.1) is 6.07 Å². The van der Waals surface area contributed by atoms with Crippen LogP contribution in [-0.2, 0) is 6.42 Å². The molecule has 1 radical (unpaired) electrons. The van der Waals surface area contributed by atoms with Crippen LogP contribution in [0.3, 0.4) is 0 Å². The van der Waals surface area contributed by atoms with Gasteiger partial charge >= 0.3 is 0 Å². The minimum Gasteiger partial charge on any atom is -0.206 e. The third-order valence-electron chi connectivity index (χ3n) is 2.99. The molecule has 1 aromatic carbocycles. The van der Waals surface area contributed by atoms with E-state index in [0.717, 1.165) is 19.3 Å². The van der Waals surface area contributed by atoms with Crippen LogP contribution in [0.2, 0.25) is 0 Å². The summed E-state index contributed by atoms with van der Waals surface area (Å²) in [7, 11) is 0. The monoisotopic (exact) mass is 225 g/mol. The molecule has 2 heteroatoms. The second-order valence-electron chi connectivity index (χ2n) is 4.27. The lowest BCUT2D eigenvalue weighted by molar-refractivity contribution is 0.439. The van der Waals surface area contributed by atoms with Gasteiger partial charge in [-0.05, 0) is 24.0 Å². The highest BCUT2D eigenvalue weighted by atomic mass is 19.1. The molecule has 0 saturated heterocycles. The molecule has 1 aromatic rings. The lowest BCUT2D eigenvalue weighted by Gasteiger charge is -2.14. The van der Waals surface area contributed by atoms with Crippen molar-refractivity contribution >= 4 is 0 Å². The number of hydrogen-bond donors (Lipinski definition) is 0. The van der Waals surface area contributed by atoms with Crippen molar-refractivity contribution in [3.63, 3.8) is 0 Å². The van der Waals surface area contributed by atoms with E-state index in [-0.39, 0.29) is 0 Å². The second kappa shape index (κ2) is 6.62. The summed E-state index contributed by atoms with van der Waals surface area (Å²) < 4.78 is 26.0. The van der Waals surface area contributed by atoms with Gasteiger partial charge in [0.1, 0.15) is 11.6 Å². The largest absolute Gasteiger partial charge is 0.206 e. The van der Waals surface area contributed by atoms with Crippen LogP contribution in [0, 0.1) is 23.6 Å². The molecular formula is C14H19F2. The summed E-state index contributed by atoms with van der Waals surface area (Å²) in [6.07, 6.45) is 5.18. The van der Waals surface area contributed by atoms with Gasteiger partial charge in [0.25, 0.3) is 0 Å². The van der Waals surface area contributed by atoms with Crippen molar-refractivity contribution in [1.29, 1.82) is 0 Å². The van der Waals surface area contributed by atoms with Crippen molar-refractivity contribution in [1.82, 2.24) is 0 Å². The van der Waals surface area contributed by atoms with E-state index < -0.39 is 11.6 Å². The summed E-state index contributed by atoms with van der Waals surface area (Å²) in [5.41, 5.74) is 0.587. The van der Waals surface area contributed by atoms with Gasteiger partial charge in [0.2, 0.25) is 0 Å². The van der Waals surface area contributed by atoms with E-state index in [1.54, 1.807) is 0 Å². The summed E-state index contributed by atoms with van der Waals surface area (Å²) in [6.45, 7) is 4.27. The minimum absolute atomic E-state index is 0.494. The highest BCUT2D eigenvalue weighted by Gasteiger charge is 2.11. The van der Waals surface area contributed by atoms with Crippen LogP contribution in [0.25, 0.3) is 0 Å². The van der Waals surface area contributed by atoms with Crippen molar-refractivity contribution in [3.05, 3.63) is 35.4 Å². The number of hydrogen-bond acceptors (Lipinski definition) is 0. The molecule has 0 saturated carbocycles. The fourth-order valence-electron chi connectivity index (χ4n) is 1.89. The number of benzene rings is 1. The molecule has 1 unspecified atom stereocenters. The molecule has 0 bridgehead atoms. The third-order valence-corrected chi connectivity index (χ3v) is 2.99. The zero-order chi connectivity index (χ0) is 12.0. The third kappa shape index (κ3) is 3.92. The maximum Gasteiger partial charge on any atom is 0.137 e. The maximum absolute atomic E-state index is 13.4. The van der Waals surface area contributed by atoms with Gasteiger partial charge in [-0.25, -0.2) is 8.78 Å². The van der Waals surface area contributed by atoms with Crippen molar-refractivity contribution in [2.75, 3.05) is 0 Å². The first-order chi connectivity index (χ1) is 7.67. The number of unbranched alkanes of at least 4 members (excludes halogenated alkanes) is 1. The van der Waals surface area contributed by atoms with E-state index in [2.05, 4.69) is 19.9 Å². The maximum atomic E-state index is 13.4. The molecule has 0 aliphatic rings. The summed E-state index contributed by atoms with van der Waals surface area (Å²) in [5, 5.41) is 0. The van der Waals surface area contributed by atoms with E-state index in [0.29, 0.717) is 17.9 Å². The normalized spacial score (nSPS) is 12.8. The Morgan fingerprint density at radius 1 is 1.25 bits per heavy atom. The van der Waals surface area contributed by atoms with Crippen LogP contribution in [0.1, 0.15) is 45.1 Å². The SMILES string of the molecule is CCCCC(CC)Cc1ccc(F)[c]c1F. The molecule has 0 nitrogen and oxygen atoms in total. The molecule has 0 aliphatic heterocycles. The molecule has 89 valence electrons. The predicted octanol–water partition coefficient (Wildman–Crippen LogP) is 4.52. The Bertz CT molecular complexity index is 321. The lowest BCUT2D eigenvalue weighted by Crippen LogP contribution is -2.05. The zero-order valence-electron chi connectivity index (χ0n) is 10.0. The van der Waals surface area contributed by atoms with Crippen LogP contribution in [0.5, 0.6) is 0 Å². The Labute approximate surface area is 96.7 Å². The molecule has 1 atom stereocenters. The second-order valence-corrected chi connectivity index (χ2v) is 4.27. The number of halogens is 2. The van der Waals surface area contributed by atoms with E-state index in [1.165, 1.54) is 18.6 Å². The smallest absolute Gasteiger partial charge is 0.137 e. The van der Waals surface area contributed by atoms with Crippen LogP contribution < -0.4 is 0 Å². The van der Waals surface area contributed by atoms with E-state index in [9.17, 15) is 8.78 Å². The molecule has 1 rings (SSSR count). The molecule has 0 N–H and O–H groups in total. The summed E-state index contributed by atoms with van der Waals surface area (Å²) in [5.74, 6) is -0.661.